The molecule has 0 aliphatic carbocycles. The second-order valence-corrected chi connectivity index (χ2v) is 13.8. The van der Waals surface area contributed by atoms with Gasteiger partial charge in [-0.15, -0.1) is 0 Å². The number of anilines is 3. The van der Waals surface area contributed by atoms with Gasteiger partial charge in [-0.3, -0.25) is 0 Å². The Morgan fingerprint density at radius 1 is 0.208 bits per heavy atom. The van der Waals surface area contributed by atoms with Crippen LogP contribution in [-0.4, -0.2) is 0 Å². The first-order valence-corrected chi connectivity index (χ1v) is 18.2. The van der Waals surface area contributed by atoms with E-state index in [9.17, 15) is 0 Å². The van der Waals surface area contributed by atoms with Crippen molar-refractivity contribution < 1.29 is 0 Å². The highest BCUT2D eigenvalue weighted by Gasteiger charge is 2.15. The van der Waals surface area contributed by atoms with E-state index in [4.69, 9.17) is 0 Å². The second-order valence-electron chi connectivity index (χ2n) is 13.8. The van der Waals surface area contributed by atoms with Crippen LogP contribution in [0.1, 0.15) is 0 Å². The van der Waals surface area contributed by atoms with Crippen LogP contribution in [0.25, 0.3) is 76.5 Å². The predicted molar refractivity (Wildman–Crippen MR) is 227 cm³/mol. The van der Waals surface area contributed by atoms with Crippen LogP contribution in [0, 0.1) is 0 Å². The summed E-state index contributed by atoms with van der Waals surface area (Å²) in [6.45, 7) is 0. The lowest BCUT2D eigenvalue weighted by molar-refractivity contribution is 1.28. The van der Waals surface area contributed by atoms with E-state index in [0.717, 1.165) is 17.1 Å². The smallest absolute Gasteiger partial charge is 0.0462 e. The van der Waals surface area contributed by atoms with Crippen LogP contribution in [0.5, 0.6) is 0 Å². The first kappa shape index (κ1) is 30.8. The van der Waals surface area contributed by atoms with Crippen molar-refractivity contribution in [3.63, 3.8) is 0 Å². The molecule has 0 heterocycles. The number of hydrogen-bond acceptors (Lipinski definition) is 1. The Labute approximate surface area is 309 Å². The van der Waals surface area contributed by atoms with Crippen molar-refractivity contribution in [1.82, 2.24) is 0 Å². The van der Waals surface area contributed by atoms with Crippen molar-refractivity contribution >= 4 is 60.2 Å². The molecule has 0 aromatic heterocycles. The van der Waals surface area contributed by atoms with Crippen molar-refractivity contribution in [2.75, 3.05) is 4.90 Å². The monoisotopic (exact) mass is 673 g/mol. The summed E-state index contributed by atoms with van der Waals surface area (Å²) < 4.78 is 0. The molecule has 0 N–H and O–H groups in total. The minimum Gasteiger partial charge on any atom is -0.311 e. The van der Waals surface area contributed by atoms with Gasteiger partial charge in [-0.1, -0.05) is 164 Å². The number of fused-ring (bicyclic) bond motifs is 6. The molecule has 1 heteroatoms. The standard InChI is InChI=1S/C52H35N/c1-2-8-36(9-3-1)38-18-26-46(27-19-38)53(47-28-20-39(21-29-47)44-16-14-37-10-4-5-12-43(37)34-44)48-30-22-40(23-31-48)45-17-15-42-25-32-50-49-13-7-6-11-41(49)24-33-51(50)52(42)35-45/h1-35H. The summed E-state index contributed by atoms with van der Waals surface area (Å²) in [6.07, 6.45) is 0. The van der Waals surface area contributed by atoms with Crippen molar-refractivity contribution in [3.05, 3.63) is 212 Å². The number of nitrogens with zero attached hydrogens (tertiary/aromatic N) is 1. The molecule has 0 spiro atoms. The highest BCUT2D eigenvalue weighted by atomic mass is 15.1. The maximum atomic E-state index is 2.35. The highest BCUT2D eigenvalue weighted by molar-refractivity contribution is 6.17. The van der Waals surface area contributed by atoms with Crippen LogP contribution in [0.15, 0.2) is 212 Å². The van der Waals surface area contributed by atoms with Gasteiger partial charge in [0, 0.05) is 17.1 Å². The van der Waals surface area contributed by atoms with E-state index in [-0.39, 0.29) is 0 Å². The first-order chi connectivity index (χ1) is 26.2. The summed E-state index contributed by atoms with van der Waals surface area (Å²) in [6, 6.07) is 77.2. The Balaban J connectivity index is 1.03. The molecule has 0 amide bonds. The molecule has 0 saturated carbocycles. The van der Waals surface area contributed by atoms with Crippen LogP contribution in [0.2, 0.25) is 0 Å². The molecular formula is C52H35N. The molecule has 0 aliphatic rings. The number of hydrogen-bond donors (Lipinski definition) is 0. The zero-order valence-corrected chi connectivity index (χ0v) is 29.2. The maximum absolute atomic E-state index is 2.35. The summed E-state index contributed by atoms with van der Waals surface area (Å²) in [7, 11) is 0. The van der Waals surface area contributed by atoms with Gasteiger partial charge in [0.05, 0.1) is 0 Å². The summed E-state index contributed by atoms with van der Waals surface area (Å²) in [5, 5.41) is 10.2. The van der Waals surface area contributed by atoms with Crippen LogP contribution >= 0.6 is 0 Å². The third-order valence-electron chi connectivity index (χ3n) is 10.6. The van der Waals surface area contributed by atoms with Gasteiger partial charge in [0.15, 0.2) is 0 Å². The number of rotatable bonds is 6. The van der Waals surface area contributed by atoms with Crippen LogP contribution in [-0.2, 0) is 0 Å². The Kier molecular flexibility index (Phi) is 7.55. The highest BCUT2D eigenvalue weighted by Crippen LogP contribution is 2.39. The largest absolute Gasteiger partial charge is 0.311 e. The Morgan fingerprint density at radius 2 is 0.604 bits per heavy atom. The van der Waals surface area contributed by atoms with Crippen LogP contribution in [0.3, 0.4) is 0 Å². The van der Waals surface area contributed by atoms with Gasteiger partial charge in [-0.2, -0.15) is 0 Å². The average Bonchev–Trinajstić information content (AvgIpc) is 3.24. The zero-order chi connectivity index (χ0) is 35.1. The fourth-order valence-corrected chi connectivity index (χ4v) is 7.85. The van der Waals surface area contributed by atoms with Gasteiger partial charge in [0.1, 0.15) is 0 Å². The van der Waals surface area contributed by atoms with Gasteiger partial charge in [-0.25, -0.2) is 0 Å². The van der Waals surface area contributed by atoms with Crippen molar-refractivity contribution in [2.45, 2.75) is 0 Å². The quantitative estimate of drug-likeness (QED) is 0.159. The molecule has 248 valence electrons. The molecule has 10 rings (SSSR count). The molecule has 0 radical (unpaired) electrons. The molecule has 53 heavy (non-hydrogen) atoms. The molecule has 0 saturated heterocycles. The molecule has 0 atom stereocenters. The topological polar surface area (TPSA) is 3.24 Å². The second kappa shape index (κ2) is 13.0. The van der Waals surface area contributed by atoms with Crippen molar-refractivity contribution in [1.29, 1.82) is 0 Å². The lowest BCUT2D eigenvalue weighted by Crippen LogP contribution is -2.09. The summed E-state index contributed by atoms with van der Waals surface area (Å²) in [4.78, 5) is 2.35. The molecule has 0 aliphatic heterocycles. The van der Waals surface area contributed by atoms with Gasteiger partial charge < -0.3 is 4.90 Å². The zero-order valence-electron chi connectivity index (χ0n) is 29.2. The van der Waals surface area contributed by atoms with E-state index in [1.807, 2.05) is 0 Å². The minimum atomic E-state index is 1.11. The van der Waals surface area contributed by atoms with E-state index < -0.39 is 0 Å². The van der Waals surface area contributed by atoms with Gasteiger partial charge in [-0.05, 0) is 125 Å². The lowest BCUT2D eigenvalue weighted by Gasteiger charge is -2.26. The summed E-state index contributed by atoms with van der Waals surface area (Å²) >= 11 is 0. The number of benzene rings is 10. The van der Waals surface area contributed by atoms with Gasteiger partial charge in [0.25, 0.3) is 0 Å². The Hall–Kier alpha value is -6.96. The fraction of sp³-hybridized carbons (Fsp3) is 0. The predicted octanol–water partition coefficient (Wildman–Crippen LogP) is 14.8. The van der Waals surface area contributed by atoms with E-state index in [1.165, 1.54) is 76.5 Å². The SMILES string of the molecule is c1ccc(-c2ccc(N(c3ccc(-c4ccc5ccccc5c4)cc3)c3ccc(-c4ccc5ccc6c7ccccc7ccc6c5c4)cc3)cc2)cc1. The summed E-state index contributed by atoms with van der Waals surface area (Å²) in [5.74, 6) is 0. The van der Waals surface area contributed by atoms with Crippen molar-refractivity contribution in [3.8, 4) is 33.4 Å². The average molecular weight is 674 g/mol. The fourth-order valence-electron chi connectivity index (χ4n) is 7.85. The lowest BCUT2D eigenvalue weighted by atomic mass is 9.94. The Morgan fingerprint density at radius 3 is 1.23 bits per heavy atom. The normalized spacial score (nSPS) is 11.4. The van der Waals surface area contributed by atoms with Gasteiger partial charge >= 0.3 is 0 Å². The molecule has 0 unspecified atom stereocenters. The Bertz CT molecular complexity index is 2910. The van der Waals surface area contributed by atoms with Crippen LogP contribution < -0.4 is 4.90 Å². The molecule has 0 fully saturated rings. The van der Waals surface area contributed by atoms with E-state index >= 15 is 0 Å². The third-order valence-corrected chi connectivity index (χ3v) is 10.6. The van der Waals surface area contributed by atoms with Gasteiger partial charge in [0.2, 0.25) is 0 Å². The molecular weight excluding hydrogens is 639 g/mol. The van der Waals surface area contributed by atoms with Crippen molar-refractivity contribution in [2.24, 2.45) is 0 Å². The van der Waals surface area contributed by atoms with E-state index in [2.05, 4.69) is 217 Å². The molecule has 1 nitrogen and oxygen atoms in total. The maximum Gasteiger partial charge on any atom is 0.0462 e. The van der Waals surface area contributed by atoms with E-state index in [1.54, 1.807) is 0 Å². The first-order valence-electron chi connectivity index (χ1n) is 18.2. The summed E-state index contributed by atoms with van der Waals surface area (Å²) in [5.41, 5.74) is 10.6. The molecule has 0 bridgehead atoms. The molecule has 10 aromatic carbocycles. The molecule has 10 aromatic rings. The van der Waals surface area contributed by atoms with Crippen LogP contribution in [0.4, 0.5) is 17.1 Å². The third kappa shape index (κ3) is 5.69. The minimum absolute atomic E-state index is 1.11. The van der Waals surface area contributed by atoms with E-state index in [0.29, 0.717) is 0 Å².